The topological polar surface area (TPSA) is 57.7 Å². The summed E-state index contributed by atoms with van der Waals surface area (Å²) in [6.07, 6.45) is 4.49. The number of ketones is 1. The molecule has 0 spiro atoms. The predicted molar refractivity (Wildman–Crippen MR) is 108 cm³/mol. The minimum Gasteiger partial charge on any atom is -0.343 e. The summed E-state index contributed by atoms with van der Waals surface area (Å²) < 4.78 is 0. The van der Waals surface area contributed by atoms with Crippen molar-refractivity contribution in [1.29, 1.82) is 0 Å². The third-order valence-corrected chi connectivity index (χ3v) is 6.34. The quantitative estimate of drug-likeness (QED) is 0.730. The Labute approximate surface area is 163 Å². The van der Waals surface area contributed by atoms with Crippen LogP contribution in [0.2, 0.25) is 0 Å². The molecule has 5 nitrogen and oxygen atoms in total. The number of Topliss-reactive ketones (excluding diaryl/α,β-unsaturated/α-hetero) is 1. The summed E-state index contributed by atoms with van der Waals surface area (Å²) in [7, 11) is 0. The third-order valence-electron chi connectivity index (χ3n) is 5.18. The van der Waals surface area contributed by atoms with E-state index < -0.39 is 0 Å². The van der Waals surface area contributed by atoms with Crippen LogP contribution in [0.1, 0.15) is 67.2 Å². The fourth-order valence-corrected chi connectivity index (χ4v) is 4.30. The fraction of sp³-hybridized carbons (Fsp3) is 0.850. The molecule has 0 N–H and O–H groups in total. The van der Waals surface area contributed by atoms with E-state index in [1.165, 1.54) is 19.3 Å². The van der Waals surface area contributed by atoms with Gasteiger partial charge >= 0.3 is 0 Å². The van der Waals surface area contributed by atoms with Crippen LogP contribution in [0.3, 0.4) is 0 Å². The van der Waals surface area contributed by atoms with E-state index in [-0.39, 0.29) is 11.8 Å². The van der Waals surface area contributed by atoms with E-state index in [0.717, 1.165) is 31.8 Å². The average molecular weight is 385 g/mol. The summed E-state index contributed by atoms with van der Waals surface area (Å²) >= 11 is 1.84. The van der Waals surface area contributed by atoms with Gasteiger partial charge in [0.25, 0.3) is 0 Å². The number of amides is 2. The highest BCUT2D eigenvalue weighted by atomic mass is 32.2. The standard InChI is InChI=1S/C7H13NO.C7H12O.C6H11NOS/c1-6-3-4-8(5-6)7(2)9;1-6(8)5-7(2)3-4-7;1-5(8)7-3-4-9-6(7)2/h6H,3-5H2,1-2H3;3-5H2,1-2H3;6H,3-4H2,1-2H3. The molecule has 26 heavy (non-hydrogen) atoms. The third kappa shape index (κ3) is 8.56. The SMILES string of the molecule is CC(=O)CC1(C)CC1.CC(=O)N1CCC(C)C1.CC(=O)N1CCSC1C. The second kappa shape index (κ2) is 10.3. The van der Waals surface area contributed by atoms with Crippen molar-refractivity contribution in [3.63, 3.8) is 0 Å². The first-order valence-corrected chi connectivity index (χ1v) is 10.7. The Morgan fingerprint density at radius 3 is 1.85 bits per heavy atom. The van der Waals surface area contributed by atoms with Gasteiger partial charge in [-0.15, -0.1) is 11.8 Å². The lowest BCUT2D eigenvalue weighted by atomic mass is 10.0. The highest BCUT2D eigenvalue weighted by Crippen LogP contribution is 2.48. The van der Waals surface area contributed by atoms with Gasteiger partial charge in [-0.2, -0.15) is 0 Å². The summed E-state index contributed by atoms with van der Waals surface area (Å²) in [5, 5.41) is 0.405. The van der Waals surface area contributed by atoms with Gasteiger partial charge in [0.05, 0.1) is 5.37 Å². The highest BCUT2D eigenvalue weighted by Gasteiger charge is 2.37. The molecule has 3 aliphatic rings. The Kier molecular flexibility index (Phi) is 9.14. The number of carbonyl (C=O) groups is 3. The second-order valence-corrected chi connectivity index (χ2v) is 9.65. The number of hydrogen-bond donors (Lipinski definition) is 0. The van der Waals surface area contributed by atoms with E-state index in [4.69, 9.17) is 0 Å². The number of rotatable bonds is 2. The van der Waals surface area contributed by atoms with Crippen molar-refractivity contribution in [3.8, 4) is 0 Å². The van der Waals surface area contributed by atoms with Crippen molar-refractivity contribution in [1.82, 2.24) is 9.80 Å². The second-order valence-electron chi connectivity index (χ2n) is 8.23. The summed E-state index contributed by atoms with van der Waals surface area (Å²) in [5.74, 6) is 2.58. The average Bonchev–Trinajstić information content (AvgIpc) is 2.91. The Balaban J connectivity index is 0.000000195. The van der Waals surface area contributed by atoms with Crippen LogP contribution in [0.15, 0.2) is 0 Å². The molecule has 0 aromatic heterocycles. The van der Waals surface area contributed by atoms with Gasteiger partial charge in [-0.25, -0.2) is 0 Å². The molecule has 3 rings (SSSR count). The van der Waals surface area contributed by atoms with E-state index >= 15 is 0 Å². The zero-order chi connectivity index (χ0) is 19.9. The van der Waals surface area contributed by atoms with Crippen molar-refractivity contribution >= 4 is 29.4 Å². The molecule has 1 saturated carbocycles. The van der Waals surface area contributed by atoms with Crippen LogP contribution in [-0.2, 0) is 14.4 Å². The van der Waals surface area contributed by atoms with Crippen LogP contribution in [-0.4, -0.2) is 58.2 Å². The van der Waals surface area contributed by atoms with Gasteiger partial charge < -0.3 is 14.6 Å². The van der Waals surface area contributed by atoms with E-state index in [1.807, 2.05) is 21.6 Å². The molecule has 2 heterocycles. The first-order valence-electron chi connectivity index (χ1n) is 9.68. The van der Waals surface area contributed by atoms with Crippen LogP contribution in [0, 0.1) is 11.3 Å². The maximum atomic E-state index is 10.8. The molecule has 0 bridgehead atoms. The Morgan fingerprint density at radius 1 is 1.04 bits per heavy atom. The van der Waals surface area contributed by atoms with Crippen molar-refractivity contribution in [2.75, 3.05) is 25.4 Å². The van der Waals surface area contributed by atoms with Crippen molar-refractivity contribution in [3.05, 3.63) is 0 Å². The van der Waals surface area contributed by atoms with Crippen LogP contribution < -0.4 is 0 Å². The van der Waals surface area contributed by atoms with E-state index in [2.05, 4.69) is 20.8 Å². The lowest BCUT2D eigenvalue weighted by Gasteiger charge is -2.17. The summed E-state index contributed by atoms with van der Waals surface area (Å²) in [6, 6.07) is 0. The van der Waals surface area contributed by atoms with Crippen LogP contribution >= 0.6 is 11.8 Å². The first-order chi connectivity index (χ1) is 12.0. The largest absolute Gasteiger partial charge is 0.343 e. The molecule has 0 radical (unpaired) electrons. The highest BCUT2D eigenvalue weighted by molar-refractivity contribution is 8.00. The van der Waals surface area contributed by atoms with Gasteiger partial charge in [-0.1, -0.05) is 13.8 Å². The molecule has 0 aromatic rings. The minimum atomic E-state index is 0.201. The molecule has 150 valence electrons. The maximum absolute atomic E-state index is 10.8. The predicted octanol–water partition coefficient (Wildman–Crippen LogP) is 3.57. The Hall–Kier alpha value is -1.04. The molecular weight excluding hydrogens is 348 g/mol. The van der Waals surface area contributed by atoms with Gasteiger partial charge in [0.2, 0.25) is 11.8 Å². The van der Waals surface area contributed by atoms with Crippen LogP contribution in [0.4, 0.5) is 0 Å². The monoisotopic (exact) mass is 384 g/mol. The van der Waals surface area contributed by atoms with Gasteiger partial charge in [0.1, 0.15) is 5.78 Å². The van der Waals surface area contributed by atoms with Crippen molar-refractivity contribution in [2.24, 2.45) is 11.3 Å². The molecule has 0 aromatic carbocycles. The molecule has 2 aliphatic heterocycles. The number of thioether (sulfide) groups is 1. The molecule has 2 amide bonds. The summed E-state index contributed by atoms with van der Waals surface area (Å²) in [4.78, 5) is 35.8. The lowest BCUT2D eigenvalue weighted by molar-refractivity contribution is -0.129. The normalized spacial score (nSPS) is 25.6. The van der Waals surface area contributed by atoms with Gasteiger partial charge in [-0.3, -0.25) is 9.59 Å². The van der Waals surface area contributed by atoms with Crippen LogP contribution in [0.5, 0.6) is 0 Å². The molecule has 6 heteroatoms. The van der Waals surface area contributed by atoms with Gasteiger partial charge in [-0.05, 0) is 44.4 Å². The smallest absolute Gasteiger partial charge is 0.220 e. The zero-order valence-electron chi connectivity index (χ0n) is 17.3. The first kappa shape index (κ1) is 23.0. The number of nitrogens with zero attached hydrogens (tertiary/aromatic N) is 2. The van der Waals surface area contributed by atoms with Crippen molar-refractivity contribution in [2.45, 2.75) is 72.6 Å². The summed E-state index contributed by atoms with van der Waals surface area (Å²) in [5.41, 5.74) is 0.422. The summed E-state index contributed by atoms with van der Waals surface area (Å²) in [6.45, 7) is 14.2. The lowest BCUT2D eigenvalue weighted by Crippen LogP contribution is -2.30. The molecule has 2 atom stereocenters. The number of carbonyl (C=O) groups excluding carboxylic acids is 3. The molecule has 3 fully saturated rings. The van der Waals surface area contributed by atoms with E-state index in [9.17, 15) is 14.4 Å². The molecular formula is C20H36N2O3S. The van der Waals surface area contributed by atoms with Gasteiger partial charge in [0.15, 0.2) is 0 Å². The van der Waals surface area contributed by atoms with Gasteiger partial charge in [0, 0.05) is 45.7 Å². The molecule has 1 aliphatic carbocycles. The Bertz CT molecular complexity index is 505. The molecule has 2 unspecified atom stereocenters. The van der Waals surface area contributed by atoms with E-state index in [1.54, 1.807) is 20.8 Å². The van der Waals surface area contributed by atoms with Crippen molar-refractivity contribution < 1.29 is 14.4 Å². The molecule has 2 saturated heterocycles. The maximum Gasteiger partial charge on any atom is 0.220 e. The minimum absolute atomic E-state index is 0.201. The fourth-order valence-electron chi connectivity index (χ4n) is 3.22. The zero-order valence-corrected chi connectivity index (χ0v) is 18.2. The number of hydrogen-bond acceptors (Lipinski definition) is 4. The number of likely N-dealkylation sites (tertiary alicyclic amines) is 1. The van der Waals surface area contributed by atoms with Crippen LogP contribution in [0.25, 0.3) is 0 Å². The van der Waals surface area contributed by atoms with E-state index in [0.29, 0.717) is 22.5 Å². The Morgan fingerprint density at radius 2 is 1.65 bits per heavy atom.